The van der Waals surface area contributed by atoms with Crippen molar-refractivity contribution in [3.05, 3.63) is 50.1 Å². The molecule has 0 aromatic heterocycles. The van der Waals surface area contributed by atoms with Crippen molar-refractivity contribution in [3.63, 3.8) is 0 Å². The normalized spacial score (nSPS) is 9.58. The fourth-order valence-corrected chi connectivity index (χ4v) is 1.37. The Hall–Kier alpha value is -3.85. The number of rotatable bonds is 13. The van der Waals surface area contributed by atoms with E-state index in [2.05, 4.69) is 70.9 Å². The molecule has 0 spiro atoms. The molecule has 0 aliphatic heterocycles. The lowest BCUT2D eigenvalue weighted by molar-refractivity contribution is -0.156. The van der Waals surface area contributed by atoms with Crippen LogP contribution in [0.5, 0.6) is 0 Å². The number of aliphatic hydroxyl groups is 2. The molecule has 0 fully saturated rings. The predicted octanol–water partition coefficient (Wildman–Crippen LogP) is -0.780. The number of hydrogen-bond donors (Lipinski definition) is 6. The summed E-state index contributed by atoms with van der Waals surface area (Å²) in [7, 11) is 2.49. The van der Waals surface area contributed by atoms with E-state index in [1.165, 1.54) is 20.3 Å². The first-order valence-electron chi connectivity index (χ1n) is 10.9. The fourth-order valence-electron chi connectivity index (χ4n) is 1.37. The quantitative estimate of drug-likeness (QED) is 0.0736. The highest BCUT2D eigenvalue weighted by atomic mass is 16.6. The number of aliphatic hydroxyl groups excluding tert-OH is 2. The second kappa shape index (κ2) is 29.4. The Bertz CT molecular complexity index is 754. The molecule has 0 saturated carbocycles. The molecule has 14 heteroatoms. The summed E-state index contributed by atoms with van der Waals surface area (Å²) < 4.78 is 14.0. The number of carbonyl (C=O) groups is 5. The summed E-state index contributed by atoms with van der Waals surface area (Å²) in [5.41, 5.74) is 0.402. The van der Waals surface area contributed by atoms with E-state index in [-0.39, 0.29) is 37.9 Å². The van der Waals surface area contributed by atoms with Gasteiger partial charge in [0.2, 0.25) is 29.9 Å². The second-order valence-corrected chi connectivity index (χ2v) is 6.85. The summed E-state index contributed by atoms with van der Waals surface area (Å²) in [4.78, 5) is 52.4. The summed E-state index contributed by atoms with van der Waals surface area (Å²) >= 11 is 0. The van der Waals surface area contributed by atoms with Crippen molar-refractivity contribution in [1.82, 2.24) is 21.3 Å². The number of hydrogen-bond acceptors (Lipinski definition) is 10. The van der Waals surface area contributed by atoms with Gasteiger partial charge in [-0.25, -0.2) is 4.79 Å². The van der Waals surface area contributed by atoms with Crippen molar-refractivity contribution in [1.29, 1.82) is 0 Å². The standard InChI is InChI=1S/C8H15NO2.C7H11NO4.C5H9NO2.C4H7NO2/c1-4-8(10)9-6-11-5-7(2)3;1-4-5(9)8-6(11-2)7(10)12-3;1-4(2)5(8)6-3-7;1-2-4(7)5-3-6/h4,7H,1,5-6H2,2-3H3,(H,9,10);4,6H,1H2,2-3H3,(H,8,9);7H,1,3H2,2H3,(H,6,8);2,6H,1,3H2,(H,5,7). The zero-order chi connectivity index (χ0) is 30.5. The third kappa shape index (κ3) is 32.1. The van der Waals surface area contributed by atoms with Crippen LogP contribution in [0.3, 0.4) is 0 Å². The molecule has 0 saturated heterocycles. The molecule has 6 N–H and O–H groups in total. The van der Waals surface area contributed by atoms with Crippen LogP contribution >= 0.6 is 0 Å². The molecular formula is C24H42N4O10. The van der Waals surface area contributed by atoms with Crippen LogP contribution in [-0.2, 0) is 38.2 Å². The van der Waals surface area contributed by atoms with E-state index < -0.39 is 18.1 Å². The smallest absolute Gasteiger partial charge is 0.356 e. The summed E-state index contributed by atoms with van der Waals surface area (Å²) in [5, 5.41) is 25.1. The molecule has 0 aliphatic carbocycles. The van der Waals surface area contributed by atoms with Gasteiger partial charge < -0.3 is 45.7 Å². The maximum Gasteiger partial charge on any atom is 0.356 e. The van der Waals surface area contributed by atoms with Gasteiger partial charge in [0.15, 0.2) is 0 Å². The van der Waals surface area contributed by atoms with Crippen molar-refractivity contribution in [3.8, 4) is 0 Å². The first-order valence-corrected chi connectivity index (χ1v) is 10.9. The Labute approximate surface area is 223 Å². The van der Waals surface area contributed by atoms with E-state index in [9.17, 15) is 24.0 Å². The summed E-state index contributed by atoms with van der Waals surface area (Å²) in [5.74, 6) is -1.53. The van der Waals surface area contributed by atoms with Gasteiger partial charge in [-0.05, 0) is 31.1 Å². The lowest BCUT2D eigenvalue weighted by Gasteiger charge is -2.12. The monoisotopic (exact) mass is 546 g/mol. The third-order valence-electron chi connectivity index (χ3n) is 3.16. The number of carbonyl (C=O) groups excluding carboxylic acids is 5. The Kier molecular flexibility index (Phi) is 31.9. The third-order valence-corrected chi connectivity index (χ3v) is 3.16. The molecule has 0 aliphatic rings. The molecule has 4 amide bonds. The van der Waals surface area contributed by atoms with Crippen LogP contribution in [0.1, 0.15) is 20.8 Å². The average molecular weight is 547 g/mol. The summed E-state index contributed by atoms with van der Waals surface area (Å²) in [6.45, 7) is 19.0. The highest BCUT2D eigenvalue weighted by Crippen LogP contribution is 1.90. The molecule has 1 atom stereocenters. The van der Waals surface area contributed by atoms with Crippen molar-refractivity contribution in [2.45, 2.75) is 27.0 Å². The van der Waals surface area contributed by atoms with E-state index in [1.54, 1.807) is 6.92 Å². The molecule has 0 bridgehead atoms. The van der Waals surface area contributed by atoms with Crippen molar-refractivity contribution in [2.24, 2.45) is 5.92 Å². The van der Waals surface area contributed by atoms with Crippen LogP contribution in [0.25, 0.3) is 0 Å². The van der Waals surface area contributed by atoms with E-state index in [0.29, 0.717) is 18.1 Å². The fraction of sp³-hybridized carbons (Fsp3) is 0.458. The molecule has 0 aromatic carbocycles. The van der Waals surface area contributed by atoms with Crippen molar-refractivity contribution < 1.29 is 48.4 Å². The predicted molar refractivity (Wildman–Crippen MR) is 141 cm³/mol. The zero-order valence-electron chi connectivity index (χ0n) is 22.7. The second-order valence-electron chi connectivity index (χ2n) is 6.85. The van der Waals surface area contributed by atoms with E-state index >= 15 is 0 Å². The highest BCUT2D eigenvalue weighted by Gasteiger charge is 2.18. The van der Waals surface area contributed by atoms with Gasteiger partial charge in [-0.3, -0.25) is 19.2 Å². The van der Waals surface area contributed by atoms with Crippen LogP contribution in [-0.4, -0.2) is 87.1 Å². The average Bonchev–Trinajstić information content (AvgIpc) is 2.90. The minimum Gasteiger partial charge on any atom is -0.466 e. The Morgan fingerprint density at radius 1 is 0.842 bits per heavy atom. The van der Waals surface area contributed by atoms with Gasteiger partial charge in [-0.1, -0.05) is 40.2 Å². The van der Waals surface area contributed by atoms with Crippen LogP contribution in [0.4, 0.5) is 0 Å². The SMILES string of the molecule is C=C(C)C(=O)NCO.C=CC(=O)NC(OC)C(=O)OC.C=CC(=O)NCO.C=CC(=O)NCOCC(C)C. The molecular weight excluding hydrogens is 504 g/mol. The van der Waals surface area contributed by atoms with Gasteiger partial charge in [0.05, 0.1) is 13.7 Å². The number of methoxy groups -OCH3 is 2. The van der Waals surface area contributed by atoms with E-state index in [1.807, 2.05) is 0 Å². The molecule has 0 rings (SSSR count). The number of amides is 4. The maximum absolute atomic E-state index is 10.8. The largest absolute Gasteiger partial charge is 0.466 e. The molecule has 0 aromatic rings. The van der Waals surface area contributed by atoms with Gasteiger partial charge in [-0.2, -0.15) is 0 Å². The van der Waals surface area contributed by atoms with Gasteiger partial charge in [0.25, 0.3) is 0 Å². The van der Waals surface area contributed by atoms with E-state index in [0.717, 1.165) is 12.2 Å². The Morgan fingerprint density at radius 3 is 1.61 bits per heavy atom. The van der Waals surface area contributed by atoms with Gasteiger partial charge >= 0.3 is 5.97 Å². The lowest BCUT2D eigenvalue weighted by atomic mass is 10.2. The molecule has 218 valence electrons. The van der Waals surface area contributed by atoms with Crippen LogP contribution in [0.15, 0.2) is 50.1 Å². The molecule has 1 unspecified atom stereocenters. The first kappa shape index (κ1) is 41.3. The number of esters is 1. The molecule has 38 heavy (non-hydrogen) atoms. The lowest BCUT2D eigenvalue weighted by Crippen LogP contribution is -2.41. The number of nitrogens with one attached hydrogen (secondary N) is 4. The van der Waals surface area contributed by atoms with Gasteiger partial charge in [-0.15, -0.1) is 0 Å². The van der Waals surface area contributed by atoms with Crippen molar-refractivity contribution in [2.75, 3.05) is 41.0 Å². The highest BCUT2D eigenvalue weighted by molar-refractivity contribution is 5.92. The topological polar surface area (TPSA) is 202 Å². The molecule has 0 heterocycles. The minimum absolute atomic E-state index is 0.200. The van der Waals surface area contributed by atoms with Crippen LogP contribution < -0.4 is 21.3 Å². The molecule has 14 nitrogen and oxygen atoms in total. The van der Waals surface area contributed by atoms with Crippen LogP contribution in [0, 0.1) is 5.92 Å². The molecule has 0 radical (unpaired) electrons. The van der Waals surface area contributed by atoms with Gasteiger partial charge in [0.1, 0.15) is 20.2 Å². The van der Waals surface area contributed by atoms with Crippen molar-refractivity contribution >= 4 is 29.6 Å². The summed E-state index contributed by atoms with van der Waals surface area (Å²) in [6, 6.07) is 0. The summed E-state index contributed by atoms with van der Waals surface area (Å²) in [6.07, 6.45) is 2.28. The Balaban J connectivity index is -0.000000207. The van der Waals surface area contributed by atoms with E-state index in [4.69, 9.17) is 14.9 Å². The Morgan fingerprint density at radius 2 is 1.32 bits per heavy atom. The zero-order valence-corrected chi connectivity index (χ0v) is 22.7. The minimum atomic E-state index is -1.07. The number of ether oxygens (including phenoxy) is 3. The first-order chi connectivity index (χ1) is 17.8. The van der Waals surface area contributed by atoms with Gasteiger partial charge in [0, 0.05) is 12.7 Å². The maximum atomic E-state index is 10.8. The van der Waals surface area contributed by atoms with Crippen LogP contribution in [0.2, 0.25) is 0 Å².